The minimum Gasteiger partial charge on any atom is -0.505 e. The molecule has 0 spiro atoms. The van der Waals surface area contributed by atoms with Crippen LogP contribution in [0.15, 0.2) is 18.2 Å². The summed E-state index contributed by atoms with van der Waals surface area (Å²) in [6.45, 7) is 1.92. The van der Waals surface area contributed by atoms with Gasteiger partial charge in [0.15, 0.2) is 0 Å². The molecule has 4 nitrogen and oxygen atoms in total. The Kier molecular flexibility index (Phi) is 4.12. The molecule has 0 atom stereocenters. The first-order valence-electron chi connectivity index (χ1n) is 4.78. The zero-order chi connectivity index (χ0) is 11.3. The molecular weight excluding hydrogens is 194 g/mol. The second kappa shape index (κ2) is 5.36. The third-order valence-electron chi connectivity index (χ3n) is 2.05. The van der Waals surface area contributed by atoms with Crippen LogP contribution in [-0.2, 0) is 16.0 Å². The van der Waals surface area contributed by atoms with Crippen LogP contribution >= 0.6 is 0 Å². The van der Waals surface area contributed by atoms with Gasteiger partial charge in [-0.05, 0) is 18.1 Å². The highest BCUT2D eigenvalue weighted by Crippen LogP contribution is 2.27. The molecule has 82 valence electrons. The number of phenolic OH excluding ortho intramolecular Hbond substituents is 1. The molecule has 1 amide bonds. The van der Waals surface area contributed by atoms with E-state index in [9.17, 15) is 9.90 Å². The summed E-state index contributed by atoms with van der Waals surface area (Å²) in [5, 5.41) is 12.3. The van der Waals surface area contributed by atoms with Gasteiger partial charge in [-0.25, -0.2) is 0 Å². The van der Waals surface area contributed by atoms with E-state index in [1.165, 1.54) is 7.11 Å². The molecule has 0 unspecified atom stereocenters. The molecule has 0 aliphatic heterocycles. The third kappa shape index (κ3) is 2.95. The normalized spacial score (nSPS) is 10.0. The van der Waals surface area contributed by atoms with Gasteiger partial charge in [0.05, 0.1) is 5.69 Å². The third-order valence-corrected chi connectivity index (χ3v) is 2.05. The molecule has 0 aliphatic carbocycles. The maximum Gasteiger partial charge on any atom is 0.250 e. The smallest absolute Gasteiger partial charge is 0.250 e. The molecule has 0 heterocycles. The van der Waals surface area contributed by atoms with Gasteiger partial charge >= 0.3 is 0 Å². The number of ether oxygens (including phenoxy) is 1. The zero-order valence-electron chi connectivity index (χ0n) is 8.91. The van der Waals surface area contributed by atoms with Gasteiger partial charge in [0.1, 0.15) is 12.4 Å². The predicted molar refractivity (Wildman–Crippen MR) is 58.0 cm³/mol. The van der Waals surface area contributed by atoms with Crippen molar-refractivity contribution in [3.8, 4) is 5.75 Å². The van der Waals surface area contributed by atoms with Crippen LogP contribution in [-0.4, -0.2) is 24.7 Å². The van der Waals surface area contributed by atoms with Crippen LogP contribution in [0, 0.1) is 0 Å². The number of nitrogens with one attached hydrogen (secondary N) is 1. The Morgan fingerprint density at radius 1 is 1.53 bits per heavy atom. The first kappa shape index (κ1) is 11.5. The van der Waals surface area contributed by atoms with Crippen molar-refractivity contribution in [1.29, 1.82) is 0 Å². The molecule has 1 aromatic rings. The van der Waals surface area contributed by atoms with Gasteiger partial charge in [-0.15, -0.1) is 0 Å². The Morgan fingerprint density at radius 3 is 2.87 bits per heavy atom. The van der Waals surface area contributed by atoms with E-state index in [2.05, 4.69) is 10.1 Å². The molecule has 0 bridgehead atoms. The number of carbonyl (C=O) groups is 1. The predicted octanol–water partition coefficient (Wildman–Crippen LogP) is 1.54. The number of hydrogen-bond acceptors (Lipinski definition) is 3. The highest BCUT2D eigenvalue weighted by molar-refractivity contribution is 5.93. The Balaban J connectivity index is 2.81. The van der Waals surface area contributed by atoms with Crippen LogP contribution in [0.3, 0.4) is 0 Å². The highest BCUT2D eigenvalue weighted by atomic mass is 16.5. The summed E-state index contributed by atoms with van der Waals surface area (Å²) in [7, 11) is 1.45. The van der Waals surface area contributed by atoms with Crippen LogP contribution in [0.1, 0.15) is 12.5 Å². The summed E-state index contributed by atoms with van der Waals surface area (Å²) < 4.78 is 4.68. The minimum atomic E-state index is -0.277. The van der Waals surface area contributed by atoms with Gasteiger partial charge in [0.2, 0.25) is 5.91 Å². The van der Waals surface area contributed by atoms with Crippen LogP contribution in [0.25, 0.3) is 0 Å². The van der Waals surface area contributed by atoms with Gasteiger partial charge in [-0.1, -0.05) is 19.1 Å². The lowest BCUT2D eigenvalue weighted by Crippen LogP contribution is -2.17. The molecule has 1 rings (SSSR count). The van der Waals surface area contributed by atoms with Gasteiger partial charge in [-0.2, -0.15) is 0 Å². The van der Waals surface area contributed by atoms with E-state index < -0.39 is 0 Å². The fourth-order valence-electron chi connectivity index (χ4n) is 1.29. The Labute approximate surface area is 88.9 Å². The molecule has 0 saturated carbocycles. The van der Waals surface area contributed by atoms with Crippen molar-refractivity contribution < 1.29 is 14.6 Å². The number of carbonyl (C=O) groups excluding carboxylic acids is 1. The van der Waals surface area contributed by atoms with Crippen molar-refractivity contribution in [2.45, 2.75) is 13.3 Å². The summed E-state index contributed by atoms with van der Waals surface area (Å²) in [5.41, 5.74) is 1.24. The van der Waals surface area contributed by atoms with Crippen LogP contribution in [0.4, 0.5) is 5.69 Å². The average Bonchev–Trinajstić information content (AvgIpc) is 2.21. The van der Waals surface area contributed by atoms with E-state index in [4.69, 9.17) is 0 Å². The molecule has 4 heteroatoms. The van der Waals surface area contributed by atoms with Gasteiger partial charge in [0.25, 0.3) is 0 Å². The molecule has 0 fully saturated rings. The first-order valence-corrected chi connectivity index (χ1v) is 4.78. The van der Waals surface area contributed by atoms with E-state index in [-0.39, 0.29) is 18.3 Å². The molecular formula is C11H15NO3. The Hall–Kier alpha value is -1.55. The number of phenols is 1. The summed E-state index contributed by atoms with van der Waals surface area (Å²) in [6.07, 6.45) is 0.722. The first-order chi connectivity index (χ1) is 7.19. The van der Waals surface area contributed by atoms with Crippen molar-refractivity contribution in [3.63, 3.8) is 0 Å². The summed E-state index contributed by atoms with van der Waals surface area (Å²) in [4.78, 5) is 11.2. The van der Waals surface area contributed by atoms with Crippen molar-refractivity contribution >= 4 is 11.6 Å². The largest absolute Gasteiger partial charge is 0.505 e. The molecule has 15 heavy (non-hydrogen) atoms. The number of aryl methyl sites for hydroxylation is 1. The number of rotatable bonds is 4. The molecule has 1 aromatic carbocycles. The topological polar surface area (TPSA) is 58.6 Å². The Morgan fingerprint density at radius 2 is 2.27 bits per heavy atom. The number of benzene rings is 1. The summed E-state index contributed by atoms with van der Waals surface area (Å²) >= 11 is 0. The van der Waals surface area contributed by atoms with Crippen LogP contribution < -0.4 is 5.32 Å². The molecule has 0 saturated heterocycles. The lowest BCUT2D eigenvalue weighted by molar-refractivity contribution is -0.119. The summed E-state index contributed by atoms with van der Waals surface area (Å²) in [6, 6.07) is 5.27. The number of hydrogen-bond donors (Lipinski definition) is 2. The standard InChI is InChI=1S/C11H15NO3/c1-3-8-5-4-6-9(11(8)14)12-10(13)7-15-2/h4-6,14H,3,7H2,1-2H3,(H,12,13). The van der Waals surface area contributed by atoms with Crippen LogP contribution in [0.2, 0.25) is 0 Å². The van der Waals surface area contributed by atoms with E-state index >= 15 is 0 Å². The minimum absolute atomic E-state index is 0.0181. The van der Waals surface area contributed by atoms with Gasteiger partial charge in [-0.3, -0.25) is 4.79 Å². The number of para-hydroxylation sites is 1. The van der Waals surface area contributed by atoms with Gasteiger partial charge in [0, 0.05) is 7.11 Å². The molecule has 0 aliphatic rings. The lowest BCUT2D eigenvalue weighted by Gasteiger charge is -2.09. The van der Waals surface area contributed by atoms with Crippen molar-refractivity contribution in [3.05, 3.63) is 23.8 Å². The van der Waals surface area contributed by atoms with E-state index in [1.54, 1.807) is 12.1 Å². The molecule has 2 N–H and O–H groups in total. The monoisotopic (exact) mass is 209 g/mol. The fraction of sp³-hybridized carbons (Fsp3) is 0.364. The maximum atomic E-state index is 11.2. The van der Waals surface area contributed by atoms with E-state index in [1.807, 2.05) is 13.0 Å². The number of anilines is 1. The average molecular weight is 209 g/mol. The number of methoxy groups -OCH3 is 1. The fourth-order valence-corrected chi connectivity index (χ4v) is 1.29. The van der Waals surface area contributed by atoms with Crippen LogP contribution in [0.5, 0.6) is 5.75 Å². The zero-order valence-corrected chi connectivity index (χ0v) is 8.91. The van der Waals surface area contributed by atoms with E-state index in [0.29, 0.717) is 5.69 Å². The quantitative estimate of drug-likeness (QED) is 0.739. The van der Waals surface area contributed by atoms with Gasteiger partial charge < -0.3 is 15.2 Å². The summed E-state index contributed by atoms with van der Waals surface area (Å²) in [5.74, 6) is -0.148. The maximum absolute atomic E-state index is 11.2. The SMILES string of the molecule is CCc1cccc(NC(=O)COC)c1O. The highest BCUT2D eigenvalue weighted by Gasteiger charge is 2.08. The second-order valence-electron chi connectivity index (χ2n) is 3.15. The van der Waals surface area contributed by atoms with Crippen molar-refractivity contribution in [2.75, 3.05) is 19.0 Å². The lowest BCUT2D eigenvalue weighted by atomic mass is 10.1. The van der Waals surface area contributed by atoms with Crippen molar-refractivity contribution in [1.82, 2.24) is 0 Å². The van der Waals surface area contributed by atoms with Crippen molar-refractivity contribution in [2.24, 2.45) is 0 Å². The molecule has 0 radical (unpaired) electrons. The second-order valence-corrected chi connectivity index (χ2v) is 3.15. The Bertz CT molecular complexity index is 350. The number of aromatic hydroxyl groups is 1. The molecule has 0 aromatic heterocycles. The van der Waals surface area contributed by atoms with E-state index in [0.717, 1.165) is 12.0 Å². The number of amides is 1.